The van der Waals surface area contributed by atoms with Crippen LogP contribution in [-0.4, -0.2) is 17.2 Å². The Labute approximate surface area is 132 Å². The Balaban J connectivity index is 1.67. The molecule has 3 nitrogen and oxygen atoms in total. The third-order valence-corrected chi connectivity index (χ3v) is 7.46. The normalized spacial score (nSPS) is 47.7. The van der Waals surface area contributed by atoms with Gasteiger partial charge in [-0.25, -0.2) is 0 Å². The van der Waals surface area contributed by atoms with E-state index in [0.29, 0.717) is 24.0 Å². The van der Waals surface area contributed by atoms with E-state index in [1.165, 1.54) is 18.4 Å². The lowest BCUT2D eigenvalue weighted by molar-refractivity contribution is -0.132. The molecule has 4 aliphatic rings. The van der Waals surface area contributed by atoms with E-state index >= 15 is 0 Å². The fourth-order valence-corrected chi connectivity index (χ4v) is 6.23. The molecular formula is C19H27NO2. The van der Waals surface area contributed by atoms with Gasteiger partial charge in [0.2, 0.25) is 5.91 Å². The van der Waals surface area contributed by atoms with E-state index in [-0.39, 0.29) is 16.9 Å². The lowest BCUT2D eigenvalue weighted by atomic mass is 9.47. The minimum absolute atomic E-state index is 0.0125. The third kappa shape index (κ3) is 1.93. The van der Waals surface area contributed by atoms with Crippen LogP contribution in [0.2, 0.25) is 0 Å². The summed E-state index contributed by atoms with van der Waals surface area (Å²) in [6.45, 7) is 4.68. The van der Waals surface area contributed by atoms with Crippen LogP contribution in [0.15, 0.2) is 11.6 Å². The zero-order chi connectivity index (χ0) is 15.5. The number of carbonyl (C=O) groups excluding carboxylic acids is 2. The predicted molar refractivity (Wildman–Crippen MR) is 85.2 cm³/mol. The Morgan fingerprint density at radius 2 is 1.82 bits per heavy atom. The van der Waals surface area contributed by atoms with Crippen molar-refractivity contribution in [1.29, 1.82) is 0 Å². The second-order valence-electron chi connectivity index (χ2n) is 8.51. The number of ketones is 1. The van der Waals surface area contributed by atoms with Crippen LogP contribution in [0.5, 0.6) is 0 Å². The highest BCUT2D eigenvalue weighted by molar-refractivity contribution is 5.91. The molecule has 0 aromatic heterocycles. The summed E-state index contributed by atoms with van der Waals surface area (Å²) in [5.74, 6) is 2.61. The molecule has 1 amide bonds. The molecule has 0 aromatic rings. The zero-order valence-electron chi connectivity index (χ0n) is 13.8. The molecule has 1 N–H and O–H groups in total. The molecule has 3 aliphatic carbocycles. The summed E-state index contributed by atoms with van der Waals surface area (Å²) in [5.41, 5.74) is 1.67. The van der Waals surface area contributed by atoms with E-state index in [1.807, 2.05) is 6.08 Å². The van der Waals surface area contributed by atoms with Gasteiger partial charge in [-0.05, 0) is 74.7 Å². The van der Waals surface area contributed by atoms with Crippen molar-refractivity contribution >= 4 is 11.7 Å². The van der Waals surface area contributed by atoms with Gasteiger partial charge in [-0.1, -0.05) is 12.5 Å². The van der Waals surface area contributed by atoms with Crippen LogP contribution >= 0.6 is 0 Å². The number of piperidine rings is 1. The van der Waals surface area contributed by atoms with E-state index in [2.05, 4.69) is 19.2 Å². The number of allylic oxidation sites excluding steroid dienone is 2. The van der Waals surface area contributed by atoms with Crippen LogP contribution < -0.4 is 5.32 Å². The number of hydrogen-bond donors (Lipinski definition) is 1. The number of carbonyl (C=O) groups is 2. The first-order valence-electron chi connectivity index (χ1n) is 8.97. The molecule has 22 heavy (non-hydrogen) atoms. The number of rotatable bonds is 0. The molecule has 1 heterocycles. The van der Waals surface area contributed by atoms with E-state index in [1.54, 1.807) is 0 Å². The molecule has 3 heteroatoms. The van der Waals surface area contributed by atoms with Crippen molar-refractivity contribution in [3.63, 3.8) is 0 Å². The Bertz CT molecular complexity index is 566. The quantitative estimate of drug-likeness (QED) is 0.745. The van der Waals surface area contributed by atoms with Crippen LogP contribution in [0.25, 0.3) is 0 Å². The van der Waals surface area contributed by atoms with Gasteiger partial charge in [0, 0.05) is 18.4 Å². The number of fused-ring (bicyclic) bond motifs is 5. The van der Waals surface area contributed by atoms with Crippen molar-refractivity contribution in [3.8, 4) is 0 Å². The standard InChI is InChI=1S/C19H27NO2/c1-18-9-7-13(21)11-12(18)3-4-14-15(18)8-10-19(2)16(14)5-6-17(22)20-19/h11,14-16H,3-10H2,1-2H3,(H,20,22)/t14-,15+,16-,18-,19-/m0/s1. The summed E-state index contributed by atoms with van der Waals surface area (Å²) < 4.78 is 0. The van der Waals surface area contributed by atoms with Gasteiger partial charge in [0.05, 0.1) is 0 Å². The summed E-state index contributed by atoms with van der Waals surface area (Å²) in [6, 6.07) is 0. The fraction of sp³-hybridized carbons (Fsp3) is 0.789. The third-order valence-electron chi connectivity index (χ3n) is 7.46. The van der Waals surface area contributed by atoms with Crippen molar-refractivity contribution in [2.45, 2.75) is 70.8 Å². The molecule has 0 bridgehead atoms. The van der Waals surface area contributed by atoms with E-state index in [0.717, 1.165) is 38.0 Å². The van der Waals surface area contributed by atoms with E-state index in [9.17, 15) is 9.59 Å². The largest absolute Gasteiger partial charge is 0.351 e. The van der Waals surface area contributed by atoms with Gasteiger partial charge < -0.3 is 5.32 Å². The van der Waals surface area contributed by atoms with Gasteiger partial charge >= 0.3 is 0 Å². The van der Waals surface area contributed by atoms with Gasteiger partial charge in [-0.15, -0.1) is 0 Å². The van der Waals surface area contributed by atoms with Crippen molar-refractivity contribution in [2.75, 3.05) is 0 Å². The van der Waals surface area contributed by atoms with Crippen LogP contribution in [0.1, 0.15) is 65.2 Å². The SMILES string of the molecule is C[C@]12CCC(=O)C=C1CC[C@H]1[C@H]2CC[C@]2(C)NC(=O)CC[C@@H]12. The van der Waals surface area contributed by atoms with Gasteiger partial charge in [-0.3, -0.25) is 9.59 Å². The maximum atomic E-state index is 11.9. The first kappa shape index (κ1) is 14.5. The van der Waals surface area contributed by atoms with E-state index < -0.39 is 0 Å². The molecule has 120 valence electrons. The molecule has 4 rings (SSSR count). The highest BCUT2D eigenvalue weighted by Crippen LogP contribution is 2.60. The summed E-state index contributed by atoms with van der Waals surface area (Å²) in [6.07, 6.45) is 10.1. The Kier molecular flexibility index (Phi) is 3.08. The van der Waals surface area contributed by atoms with Crippen LogP contribution in [-0.2, 0) is 9.59 Å². The van der Waals surface area contributed by atoms with Crippen LogP contribution in [0.4, 0.5) is 0 Å². The van der Waals surface area contributed by atoms with E-state index in [4.69, 9.17) is 0 Å². The van der Waals surface area contributed by atoms with Crippen LogP contribution in [0.3, 0.4) is 0 Å². The summed E-state index contributed by atoms with van der Waals surface area (Å²) >= 11 is 0. The summed E-state index contributed by atoms with van der Waals surface area (Å²) in [5, 5.41) is 3.31. The average molecular weight is 301 g/mol. The predicted octanol–water partition coefficient (Wildman–Crippen LogP) is 3.39. The minimum Gasteiger partial charge on any atom is -0.351 e. The average Bonchev–Trinajstić information content (AvgIpc) is 2.46. The summed E-state index contributed by atoms with van der Waals surface area (Å²) in [4.78, 5) is 23.7. The first-order chi connectivity index (χ1) is 10.4. The first-order valence-corrected chi connectivity index (χ1v) is 8.97. The molecule has 1 saturated heterocycles. The van der Waals surface area contributed by atoms with Gasteiger partial charge in [-0.2, -0.15) is 0 Å². The molecule has 2 saturated carbocycles. The second kappa shape index (κ2) is 4.69. The summed E-state index contributed by atoms with van der Waals surface area (Å²) in [7, 11) is 0. The topological polar surface area (TPSA) is 46.2 Å². The van der Waals surface area contributed by atoms with Crippen molar-refractivity contribution in [1.82, 2.24) is 5.32 Å². The monoisotopic (exact) mass is 301 g/mol. The number of hydrogen-bond acceptors (Lipinski definition) is 2. The smallest absolute Gasteiger partial charge is 0.220 e. The molecule has 0 aromatic carbocycles. The Morgan fingerprint density at radius 1 is 1.00 bits per heavy atom. The highest BCUT2D eigenvalue weighted by atomic mass is 16.1. The maximum absolute atomic E-state index is 11.9. The molecule has 0 radical (unpaired) electrons. The zero-order valence-corrected chi connectivity index (χ0v) is 13.8. The Hall–Kier alpha value is -1.12. The second-order valence-corrected chi connectivity index (χ2v) is 8.51. The minimum atomic E-state index is 0.0125. The van der Waals surface area contributed by atoms with Crippen molar-refractivity contribution in [2.24, 2.45) is 23.2 Å². The maximum Gasteiger partial charge on any atom is 0.220 e. The molecule has 1 aliphatic heterocycles. The van der Waals surface area contributed by atoms with Crippen molar-refractivity contribution < 1.29 is 9.59 Å². The Morgan fingerprint density at radius 3 is 2.64 bits per heavy atom. The number of nitrogens with one attached hydrogen (secondary N) is 1. The number of amides is 1. The van der Waals surface area contributed by atoms with Gasteiger partial charge in [0.15, 0.2) is 5.78 Å². The molecule has 5 atom stereocenters. The van der Waals surface area contributed by atoms with Crippen molar-refractivity contribution in [3.05, 3.63) is 11.6 Å². The lowest BCUT2D eigenvalue weighted by Gasteiger charge is -2.59. The van der Waals surface area contributed by atoms with Crippen LogP contribution in [0, 0.1) is 23.2 Å². The highest BCUT2D eigenvalue weighted by Gasteiger charge is 2.56. The molecule has 3 fully saturated rings. The molecule has 0 spiro atoms. The molecular weight excluding hydrogens is 274 g/mol. The van der Waals surface area contributed by atoms with Gasteiger partial charge in [0.25, 0.3) is 0 Å². The molecule has 0 unspecified atom stereocenters. The fourth-order valence-electron chi connectivity index (χ4n) is 6.23. The van der Waals surface area contributed by atoms with Gasteiger partial charge in [0.1, 0.15) is 0 Å². The lowest BCUT2D eigenvalue weighted by Crippen LogP contribution is -2.62.